The summed E-state index contributed by atoms with van der Waals surface area (Å²) < 4.78 is 18.9. The van der Waals surface area contributed by atoms with Gasteiger partial charge in [0.1, 0.15) is 12.2 Å². The predicted molar refractivity (Wildman–Crippen MR) is 73.4 cm³/mol. The Morgan fingerprint density at radius 3 is 2.86 bits per heavy atom. The van der Waals surface area contributed by atoms with Gasteiger partial charge in [-0.25, -0.2) is 4.39 Å². The van der Waals surface area contributed by atoms with Gasteiger partial charge < -0.3 is 30.4 Å². The lowest BCUT2D eigenvalue weighted by molar-refractivity contribution is -0.0470. The number of fused-ring (bicyclic) bond motifs is 1. The maximum absolute atomic E-state index is 14.7. The maximum atomic E-state index is 14.7. The SMILES string of the molecule is Nc1nc(O)c2ccn([C@@H]3O[C@H](CO)[C@H](O)C3(F)Br)c2n1. The minimum atomic E-state index is -2.33. The molecule has 0 radical (unpaired) electrons. The highest BCUT2D eigenvalue weighted by atomic mass is 79.9. The lowest BCUT2D eigenvalue weighted by atomic mass is 10.1. The van der Waals surface area contributed by atoms with Gasteiger partial charge in [-0.05, 0) is 22.0 Å². The quantitative estimate of drug-likeness (QED) is 0.555. The molecule has 114 valence electrons. The molecule has 0 aliphatic carbocycles. The Morgan fingerprint density at radius 2 is 2.24 bits per heavy atom. The zero-order valence-corrected chi connectivity index (χ0v) is 12.1. The summed E-state index contributed by atoms with van der Waals surface area (Å²) in [5, 5.41) is 28.9. The van der Waals surface area contributed by atoms with Gasteiger partial charge in [-0.2, -0.15) is 9.97 Å². The number of halogens is 2. The van der Waals surface area contributed by atoms with Crippen molar-refractivity contribution in [2.45, 2.75) is 23.0 Å². The van der Waals surface area contributed by atoms with Crippen molar-refractivity contribution in [1.82, 2.24) is 14.5 Å². The number of aromatic nitrogens is 3. The normalized spacial score (nSPS) is 32.9. The van der Waals surface area contributed by atoms with Gasteiger partial charge >= 0.3 is 0 Å². The number of aliphatic hydroxyl groups excluding tert-OH is 2. The lowest BCUT2D eigenvalue weighted by Crippen LogP contribution is -2.37. The molecule has 0 bridgehead atoms. The maximum Gasteiger partial charge on any atom is 0.237 e. The van der Waals surface area contributed by atoms with Crippen LogP contribution in [-0.2, 0) is 4.74 Å². The minimum absolute atomic E-state index is 0.150. The van der Waals surface area contributed by atoms with E-state index in [4.69, 9.17) is 15.6 Å². The molecule has 0 saturated carbocycles. The Balaban J connectivity index is 2.13. The largest absolute Gasteiger partial charge is 0.493 e. The summed E-state index contributed by atoms with van der Waals surface area (Å²) in [4.78, 5) is 7.54. The second-order valence-electron chi connectivity index (χ2n) is 4.69. The topological polar surface area (TPSA) is 127 Å². The first-order valence-corrected chi connectivity index (χ1v) is 6.80. The van der Waals surface area contributed by atoms with Crippen molar-refractivity contribution in [2.75, 3.05) is 12.3 Å². The van der Waals surface area contributed by atoms with Gasteiger partial charge in [-0.3, -0.25) is 0 Å². The summed E-state index contributed by atoms with van der Waals surface area (Å²) in [7, 11) is 0. The number of nitrogens with two attached hydrogens (primary N) is 1. The van der Waals surface area contributed by atoms with Gasteiger partial charge in [0.2, 0.25) is 16.4 Å². The molecule has 1 unspecified atom stereocenters. The van der Waals surface area contributed by atoms with Crippen LogP contribution >= 0.6 is 15.9 Å². The molecule has 0 amide bonds. The van der Waals surface area contributed by atoms with Crippen LogP contribution in [0.3, 0.4) is 0 Å². The molecule has 21 heavy (non-hydrogen) atoms. The van der Waals surface area contributed by atoms with E-state index in [0.717, 1.165) is 0 Å². The van der Waals surface area contributed by atoms with Crippen molar-refractivity contribution in [1.29, 1.82) is 0 Å². The molecule has 3 heterocycles. The second-order valence-corrected chi connectivity index (χ2v) is 5.91. The summed E-state index contributed by atoms with van der Waals surface area (Å²) in [5.74, 6) is -0.524. The number of nitrogen functional groups attached to an aromatic ring is 1. The smallest absolute Gasteiger partial charge is 0.237 e. The molecule has 5 N–H and O–H groups in total. The minimum Gasteiger partial charge on any atom is -0.493 e. The fraction of sp³-hybridized carbons (Fsp3) is 0.455. The van der Waals surface area contributed by atoms with E-state index in [-0.39, 0.29) is 22.9 Å². The van der Waals surface area contributed by atoms with Crippen molar-refractivity contribution in [3.63, 3.8) is 0 Å². The molecule has 3 rings (SSSR count). The van der Waals surface area contributed by atoms with Gasteiger partial charge in [-0.15, -0.1) is 0 Å². The Labute approximate surface area is 126 Å². The number of anilines is 1. The Bertz CT molecular complexity index is 694. The van der Waals surface area contributed by atoms with Crippen LogP contribution in [0.2, 0.25) is 0 Å². The zero-order chi connectivity index (χ0) is 15.4. The molecule has 0 aromatic carbocycles. The summed E-state index contributed by atoms with van der Waals surface area (Å²) >= 11 is 2.79. The van der Waals surface area contributed by atoms with E-state index >= 15 is 0 Å². The molecule has 1 aliphatic rings. The van der Waals surface area contributed by atoms with E-state index in [1.807, 2.05) is 0 Å². The van der Waals surface area contributed by atoms with Crippen molar-refractivity contribution in [2.24, 2.45) is 0 Å². The first-order chi connectivity index (χ1) is 9.86. The van der Waals surface area contributed by atoms with Gasteiger partial charge in [0.25, 0.3) is 0 Å². The molecule has 1 aliphatic heterocycles. The first-order valence-electron chi connectivity index (χ1n) is 6.01. The standard InChI is InChI=1S/C11H12BrFN4O4/c12-11(13)6(19)5(3-18)21-9(11)17-2-1-4-7(17)15-10(14)16-8(4)20/h1-2,5-6,9,18-19H,3H2,(H3,14,15,16,20)/t5-,6+,9-,11?/m1/s1. The van der Waals surface area contributed by atoms with Gasteiger partial charge in [0.15, 0.2) is 11.9 Å². The Morgan fingerprint density at radius 1 is 1.52 bits per heavy atom. The fourth-order valence-corrected chi connectivity index (χ4v) is 2.96. The number of hydrogen-bond donors (Lipinski definition) is 4. The van der Waals surface area contributed by atoms with Crippen molar-refractivity contribution in [3.05, 3.63) is 12.3 Å². The number of nitrogens with zero attached hydrogens (tertiary/aromatic N) is 3. The average Bonchev–Trinajstić information content (AvgIpc) is 2.91. The Kier molecular flexibility index (Phi) is 3.28. The van der Waals surface area contributed by atoms with Gasteiger partial charge in [-0.1, -0.05) is 0 Å². The summed E-state index contributed by atoms with van der Waals surface area (Å²) in [5.41, 5.74) is 5.62. The number of hydrogen-bond acceptors (Lipinski definition) is 7. The monoisotopic (exact) mass is 362 g/mol. The number of ether oxygens (including phenoxy) is 1. The van der Waals surface area contributed by atoms with E-state index in [9.17, 15) is 14.6 Å². The van der Waals surface area contributed by atoms with Gasteiger partial charge in [0, 0.05) is 6.20 Å². The molecular formula is C11H12BrFN4O4. The van der Waals surface area contributed by atoms with Crippen molar-refractivity contribution < 1.29 is 24.4 Å². The van der Waals surface area contributed by atoms with Crippen LogP contribution in [-0.4, -0.2) is 53.2 Å². The van der Waals surface area contributed by atoms with Crippen LogP contribution in [0.15, 0.2) is 12.3 Å². The van der Waals surface area contributed by atoms with Crippen LogP contribution in [0.4, 0.5) is 10.3 Å². The van der Waals surface area contributed by atoms with E-state index in [2.05, 4.69) is 25.9 Å². The third-order valence-electron chi connectivity index (χ3n) is 3.38. The van der Waals surface area contributed by atoms with E-state index in [1.165, 1.54) is 16.8 Å². The molecule has 2 aromatic rings. The van der Waals surface area contributed by atoms with Crippen molar-refractivity contribution >= 4 is 32.9 Å². The highest BCUT2D eigenvalue weighted by Gasteiger charge is 2.56. The third kappa shape index (κ3) is 2.06. The molecular weight excluding hydrogens is 351 g/mol. The summed E-state index contributed by atoms with van der Waals surface area (Å²) in [6.45, 7) is -0.545. The van der Waals surface area contributed by atoms with Crippen LogP contribution in [0, 0.1) is 0 Å². The highest BCUT2D eigenvalue weighted by molar-refractivity contribution is 9.10. The first kappa shape index (κ1) is 14.4. The molecule has 10 heteroatoms. The third-order valence-corrected chi connectivity index (χ3v) is 4.24. The number of alkyl halides is 2. The molecule has 1 saturated heterocycles. The molecule has 1 fully saturated rings. The van der Waals surface area contributed by atoms with Gasteiger partial charge in [0.05, 0.1) is 12.0 Å². The van der Waals surface area contributed by atoms with Crippen LogP contribution in [0.25, 0.3) is 11.0 Å². The number of aromatic hydroxyl groups is 1. The fourth-order valence-electron chi connectivity index (χ4n) is 2.34. The number of rotatable bonds is 2. The zero-order valence-electron chi connectivity index (χ0n) is 10.5. The number of aliphatic hydroxyl groups is 2. The Hall–Kier alpha value is -1.49. The van der Waals surface area contributed by atoms with Crippen LogP contribution in [0.1, 0.15) is 6.23 Å². The van der Waals surface area contributed by atoms with E-state index in [0.29, 0.717) is 0 Å². The molecule has 2 aromatic heterocycles. The van der Waals surface area contributed by atoms with Crippen molar-refractivity contribution in [3.8, 4) is 5.88 Å². The van der Waals surface area contributed by atoms with E-state index in [1.54, 1.807) is 0 Å². The molecule has 4 atom stereocenters. The lowest BCUT2D eigenvalue weighted by Gasteiger charge is -2.23. The molecule has 8 nitrogen and oxygen atoms in total. The average molecular weight is 363 g/mol. The van der Waals surface area contributed by atoms with Crippen LogP contribution < -0.4 is 5.73 Å². The summed E-state index contributed by atoms with van der Waals surface area (Å²) in [6, 6.07) is 1.47. The molecule has 0 spiro atoms. The predicted octanol–water partition coefficient (Wildman–Crippen LogP) is 0.0304. The van der Waals surface area contributed by atoms with E-state index < -0.39 is 29.6 Å². The second kappa shape index (κ2) is 4.77. The summed E-state index contributed by atoms with van der Waals surface area (Å²) in [6.07, 6.45) is -2.54. The van der Waals surface area contributed by atoms with Crippen LogP contribution in [0.5, 0.6) is 5.88 Å². The highest BCUT2D eigenvalue weighted by Crippen LogP contribution is 2.47.